The molecule has 2 aromatic rings. The number of hydrogen-bond acceptors (Lipinski definition) is 3. The predicted octanol–water partition coefficient (Wildman–Crippen LogP) is 2.29. The molecule has 1 aromatic carbocycles. The number of nitrogens with one attached hydrogen (secondary N) is 1. The van der Waals surface area contributed by atoms with Gasteiger partial charge < -0.3 is 9.84 Å². The Balaban J connectivity index is 2.22. The fourth-order valence-electron chi connectivity index (χ4n) is 1.34. The van der Waals surface area contributed by atoms with Crippen LogP contribution in [0, 0.1) is 0 Å². The molecular weight excluding hydrogens is 204 g/mol. The maximum Gasteiger partial charge on any atom is 0.161 e. The van der Waals surface area contributed by atoms with E-state index in [2.05, 4.69) is 10.2 Å². The van der Waals surface area contributed by atoms with Crippen molar-refractivity contribution in [1.82, 2.24) is 10.2 Å². The van der Waals surface area contributed by atoms with Gasteiger partial charge in [-0.25, -0.2) is 0 Å². The van der Waals surface area contributed by atoms with Crippen LogP contribution in [-0.4, -0.2) is 22.4 Å². The Morgan fingerprint density at radius 2 is 2.19 bits per heavy atom. The van der Waals surface area contributed by atoms with Crippen LogP contribution in [-0.2, 0) is 0 Å². The number of methoxy groups -OCH3 is 1. The van der Waals surface area contributed by atoms with Crippen LogP contribution in [0.25, 0.3) is 12.2 Å². The van der Waals surface area contributed by atoms with Crippen molar-refractivity contribution in [2.45, 2.75) is 0 Å². The Bertz CT molecular complexity index is 490. The second kappa shape index (κ2) is 4.53. The Morgan fingerprint density at radius 3 is 2.88 bits per heavy atom. The number of H-pyrrole nitrogens is 1. The number of aromatic nitrogens is 2. The van der Waals surface area contributed by atoms with Gasteiger partial charge in [-0.3, -0.25) is 5.10 Å². The number of rotatable bonds is 3. The van der Waals surface area contributed by atoms with Crippen molar-refractivity contribution < 1.29 is 9.84 Å². The maximum absolute atomic E-state index is 9.42. The van der Waals surface area contributed by atoms with E-state index in [1.807, 2.05) is 24.3 Å². The zero-order valence-electron chi connectivity index (χ0n) is 8.84. The van der Waals surface area contributed by atoms with Crippen LogP contribution in [0.15, 0.2) is 30.5 Å². The van der Waals surface area contributed by atoms with E-state index < -0.39 is 0 Å². The monoisotopic (exact) mass is 216 g/mol. The molecule has 0 aliphatic rings. The van der Waals surface area contributed by atoms with Crippen molar-refractivity contribution in [3.05, 3.63) is 41.7 Å². The smallest absolute Gasteiger partial charge is 0.161 e. The number of aromatic amines is 1. The van der Waals surface area contributed by atoms with Crippen LogP contribution in [0.1, 0.15) is 11.3 Å². The highest BCUT2D eigenvalue weighted by molar-refractivity contribution is 5.69. The van der Waals surface area contributed by atoms with E-state index in [-0.39, 0.29) is 5.75 Å². The highest BCUT2D eigenvalue weighted by atomic mass is 16.5. The van der Waals surface area contributed by atoms with Gasteiger partial charge in [0.1, 0.15) is 0 Å². The van der Waals surface area contributed by atoms with Gasteiger partial charge in [-0.1, -0.05) is 12.1 Å². The summed E-state index contributed by atoms with van der Waals surface area (Å²) in [6, 6.07) is 7.05. The number of aromatic hydroxyl groups is 1. The molecule has 4 nitrogen and oxygen atoms in total. The van der Waals surface area contributed by atoms with Gasteiger partial charge in [-0.2, -0.15) is 5.10 Å². The van der Waals surface area contributed by atoms with E-state index in [0.29, 0.717) is 5.75 Å². The molecule has 0 unspecified atom stereocenters. The van der Waals surface area contributed by atoms with E-state index in [9.17, 15) is 5.11 Å². The number of hydrogen-bond donors (Lipinski definition) is 2. The van der Waals surface area contributed by atoms with E-state index in [0.717, 1.165) is 11.3 Å². The molecule has 0 radical (unpaired) electrons. The molecule has 0 fully saturated rings. The molecule has 16 heavy (non-hydrogen) atoms. The third kappa shape index (κ3) is 2.23. The second-order valence-corrected chi connectivity index (χ2v) is 3.28. The lowest BCUT2D eigenvalue weighted by Crippen LogP contribution is -1.84. The normalized spacial score (nSPS) is 10.8. The molecule has 0 bridgehead atoms. The molecule has 82 valence electrons. The zero-order chi connectivity index (χ0) is 11.4. The van der Waals surface area contributed by atoms with Crippen molar-refractivity contribution >= 4 is 12.2 Å². The van der Waals surface area contributed by atoms with E-state index in [1.54, 1.807) is 18.3 Å². The summed E-state index contributed by atoms with van der Waals surface area (Å²) in [4.78, 5) is 0. The minimum absolute atomic E-state index is 0.140. The van der Waals surface area contributed by atoms with Crippen LogP contribution < -0.4 is 4.74 Å². The van der Waals surface area contributed by atoms with E-state index in [4.69, 9.17) is 4.74 Å². The van der Waals surface area contributed by atoms with Gasteiger partial charge in [0.05, 0.1) is 12.8 Å². The Labute approximate surface area is 93.2 Å². The lowest BCUT2D eigenvalue weighted by atomic mass is 10.2. The maximum atomic E-state index is 9.42. The fourth-order valence-corrected chi connectivity index (χ4v) is 1.34. The van der Waals surface area contributed by atoms with E-state index in [1.165, 1.54) is 7.11 Å². The van der Waals surface area contributed by atoms with Crippen molar-refractivity contribution in [3.8, 4) is 11.5 Å². The van der Waals surface area contributed by atoms with Gasteiger partial charge in [-0.15, -0.1) is 0 Å². The first-order chi connectivity index (χ1) is 7.79. The van der Waals surface area contributed by atoms with Crippen LogP contribution in [0.3, 0.4) is 0 Å². The lowest BCUT2D eigenvalue weighted by molar-refractivity contribution is 0.373. The average Bonchev–Trinajstić information content (AvgIpc) is 2.81. The van der Waals surface area contributed by atoms with Gasteiger partial charge in [0.15, 0.2) is 11.5 Å². The molecule has 4 heteroatoms. The SMILES string of the molecule is COc1cc(/C=C/c2ccn[nH]2)ccc1O. The summed E-state index contributed by atoms with van der Waals surface area (Å²) >= 11 is 0. The molecule has 0 aliphatic carbocycles. The summed E-state index contributed by atoms with van der Waals surface area (Å²) in [6.07, 6.45) is 5.51. The topological polar surface area (TPSA) is 58.1 Å². The van der Waals surface area contributed by atoms with Crippen LogP contribution in [0.4, 0.5) is 0 Å². The number of phenols is 1. The van der Waals surface area contributed by atoms with Gasteiger partial charge in [0.25, 0.3) is 0 Å². The highest BCUT2D eigenvalue weighted by Crippen LogP contribution is 2.26. The standard InChI is InChI=1S/C12H12N2O2/c1-16-12-8-9(3-5-11(12)15)2-4-10-6-7-13-14-10/h2-8,15H,1H3,(H,13,14)/b4-2+. The fraction of sp³-hybridized carbons (Fsp3) is 0.0833. The lowest BCUT2D eigenvalue weighted by Gasteiger charge is -2.03. The predicted molar refractivity (Wildman–Crippen MR) is 62.2 cm³/mol. The minimum Gasteiger partial charge on any atom is -0.504 e. The molecule has 1 aromatic heterocycles. The highest BCUT2D eigenvalue weighted by Gasteiger charge is 2.00. The van der Waals surface area contributed by atoms with Crippen molar-refractivity contribution in [2.24, 2.45) is 0 Å². The summed E-state index contributed by atoms with van der Waals surface area (Å²) in [7, 11) is 1.53. The number of benzene rings is 1. The zero-order valence-corrected chi connectivity index (χ0v) is 8.84. The van der Waals surface area contributed by atoms with Gasteiger partial charge in [0.2, 0.25) is 0 Å². The minimum atomic E-state index is 0.140. The van der Waals surface area contributed by atoms with Crippen LogP contribution >= 0.6 is 0 Å². The molecule has 1 heterocycles. The van der Waals surface area contributed by atoms with Crippen molar-refractivity contribution in [1.29, 1.82) is 0 Å². The van der Waals surface area contributed by atoms with Crippen molar-refractivity contribution in [2.75, 3.05) is 7.11 Å². The molecule has 2 rings (SSSR count). The first-order valence-electron chi connectivity index (χ1n) is 4.84. The molecular formula is C12H12N2O2. The van der Waals surface area contributed by atoms with E-state index >= 15 is 0 Å². The Morgan fingerprint density at radius 1 is 1.31 bits per heavy atom. The molecule has 0 amide bonds. The van der Waals surface area contributed by atoms with Crippen molar-refractivity contribution in [3.63, 3.8) is 0 Å². The number of phenolic OH excluding ortho intramolecular Hbond substituents is 1. The summed E-state index contributed by atoms with van der Waals surface area (Å²) in [5, 5.41) is 16.1. The van der Waals surface area contributed by atoms with Gasteiger partial charge in [0, 0.05) is 6.20 Å². The van der Waals surface area contributed by atoms with Crippen LogP contribution in [0.5, 0.6) is 11.5 Å². The molecule has 0 saturated carbocycles. The third-order valence-electron chi connectivity index (χ3n) is 2.18. The Hall–Kier alpha value is -2.23. The summed E-state index contributed by atoms with van der Waals surface area (Å²) in [5.74, 6) is 0.605. The number of ether oxygens (including phenoxy) is 1. The third-order valence-corrected chi connectivity index (χ3v) is 2.18. The summed E-state index contributed by atoms with van der Waals surface area (Å²) in [5.41, 5.74) is 1.87. The molecule has 0 spiro atoms. The summed E-state index contributed by atoms with van der Waals surface area (Å²) < 4.78 is 5.02. The number of nitrogens with zero attached hydrogens (tertiary/aromatic N) is 1. The quantitative estimate of drug-likeness (QED) is 0.827. The molecule has 0 atom stereocenters. The first kappa shape index (κ1) is 10.3. The first-order valence-corrected chi connectivity index (χ1v) is 4.84. The molecule has 0 saturated heterocycles. The Kier molecular flexibility index (Phi) is 2.91. The van der Waals surface area contributed by atoms with Gasteiger partial charge in [-0.05, 0) is 29.8 Å². The van der Waals surface area contributed by atoms with Gasteiger partial charge >= 0.3 is 0 Å². The molecule has 2 N–H and O–H groups in total. The average molecular weight is 216 g/mol. The second-order valence-electron chi connectivity index (χ2n) is 3.28. The van der Waals surface area contributed by atoms with Crippen LogP contribution in [0.2, 0.25) is 0 Å². The largest absolute Gasteiger partial charge is 0.504 e. The molecule has 0 aliphatic heterocycles. The summed E-state index contributed by atoms with van der Waals surface area (Å²) in [6.45, 7) is 0.